The number of carbonyl (C=O) groups excluding carboxylic acids is 1. The lowest BCUT2D eigenvalue weighted by Gasteiger charge is -2.22. The number of hydrogen-bond donors (Lipinski definition) is 1. The Morgan fingerprint density at radius 1 is 1.18 bits per heavy atom. The third-order valence-electron chi connectivity index (χ3n) is 4.99. The van der Waals surface area contributed by atoms with E-state index < -0.39 is 0 Å². The minimum Gasteiger partial charge on any atom is -0.352 e. The second kappa shape index (κ2) is 8.48. The number of amides is 1. The van der Waals surface area contributed by atoms with E-state index in [2.05, 4.69) is 15.3 Å². The molecule has 2 heterocycles. The van der Waals surface area contributed by atoms with Crippen molar-refractivity contribution in [2.75, 3.05) is 0 Å². The molecule has 1 N–H and O–H groups in total. The molecule has 4 rings (SSSR count). The van der Waals surface area contributed by atoms with Gasteiger partial charge in [0, 0.05) is 23.2 Å². The van der Waals surface area contributed by atoms with Crippen LogP contribution in [0.1, 0.15) is 32.1 Å². The van der Waals surface area contributed by atoms with Crippen molar-refractivity contribution in [2.45, 2.75) is 44.7 Å². The van der Waals surface area contributed by atoms with E-state index in [4.69, 9.17) is 0 Å². The minimum atomic E-state index is -0.247. The van der Waals surface area contributed by atoms with Crippen molar-refractivity contribution in [1.29, 1.82) is 0 Å². The van der Waals surface area contributed by atoms with Crippen molar-refractivity contribution in [3.8, 4) is 21.8 Å². The summed E-state index contributed by atoms with van der Waals surface area (Å²) in [5, 5.41) is 5.58. The summed E-state index contributed by atoms with van der Waals surface area (Å²) in [5.41, 5.74) is 1.99. The number of benzene rings is 1. The van der Waals surface area contributed by atoms with E-state index in [-0.39, 0.29) is 24.1 Å². The molecule has 7 heteroatoms. The standard InChI is InChI=1S/C21H22N4O2S/c26-19(23-16-9-5-2-6-10-16)12-25-14-22-11-17(21(25)27)20-24-18(13-28-20)15-7-3-1-4-8-15/h1,3-4,7-8,11,13-14,16H,2,5-6,9-10,12H2,(H,23,26). The van der Waals surface area contributed by atoms with E-state index in [0.717, 1.165) is 36.9 Å². The van der Waals surface area contributed by atoms with E-state index in [1.165, 1.54) is 34.8 Å². The normalized spacial score (nSPS) is 14.7. The number of carbonyl (C=O) groups is 1. The van der Waals surface area contributed by atoms with Crippen molar-refractivity contribution in [3.63, 3.8) is 0 Å². The van der Waals surface area contributed by atoms with Gasteiger partial charge in [0.15, 0.2) is 0 Å². The third-order valence-corrected chi connectivity index (χ3v) is 5.86. The molecular formula is C21H22N4O2S. The first-order valence-corrected chi connectivity index (χ1v) is 10.4. The molecule has 1 fully saturated rings. The summed E-state index contributed by atoms with van der Waals surface area (Å²) < 4.78 is 1.36. The van der Waals surface area contributed by atoms with Gasteiger partial charge in [0.1, 0.15) is 11.6 Å². The summed E-state index contributed by atoms with van der Waals surface area (Å²) in [6.07, 6.45) is 8.49. The molecule has 0 bridgehead atoms. The largest absolute Gasteiger partial charge is 0.352 e. The maximum absolute atomic E-state index is 12.9. The van der Waals surface area contributed by atoms with Gasteiger partial charge in [-0.3, -0.25) is 14.2 Å². The Balaban J connectivity index is 1.51. The predicted octanol–water partition coefficient (Wildman–Crippen LogP) is 3.48. The van der Waals surface area contributed by atoms with Crippen molar-refractivity contribution >= 4 is 17.2 Å². The van der Waals surface area contributed by atoms with Gasteiger partial charge in [-0.2, -0.15) is 0 Å². The van der Waals surface area contributed by atoms with Crippen molar-refractivity contribution in [1.82, 2.24) is 19.9 Å². The Hall–Kier alpha value is -2.80. The van der Waals surface area contributed by atoms with Gasteiger partial charge in [-0.25, -0.2) is 9.97 Å². The van der Waals surface area contributed by atoms with Crippen molar-refractivity contribution < 1.29 is 4.79 Å². The Morgan fingerprint density at radius 2 is 1.96 bits per heavy atom. The van der Waals surface area contributed by atoms with Crippen LogP contribution in [-0.4, -0.2) is 26.5 Å². The van der Waals surface area contributed by atoms with Crippen molar-refractivity contribution in [2.24, 2.45) is 0 Å². The van der Waals surface area contributed by atoms with Crippen LogP contribution >= 0.6 is 11.3 Å². The molecular weight excluding hydrogens is 372 g/mol. The van der Waals surface area contributed by atoms with E-state index in [1.54, 1.807) is 0 Å². The highest BCUT2D eigenvalue weighted by Gasteiger charge is 2.17. The van der Waals surface area contributed by atoms with E-state index in [9.17, 15) is 9.59 Å². The van der Waals surface area contributed by atoms with Gasteiger partial charge < -0.3 is 5.32 Å². The van der Waals surface area contributed by atoms with Gasteiger partial charge in [0.2, 0.25) is 5.91 Å². The maximum atomic E-state index is 12.9. The second-order valence-corrected chi connectivity index (χ2v) is 7.90. The van der Waals surface area contributed by atoms with Crippen LogP contribution in [0.3, 0.4) is 0 Å². The van der Waals surface area contributed by atoms with Crippen LogP contribution in [0, 0.1) is 0 Å². The summed E-state index contributed by atoms with van der Waals surface area (Å²) in [4.78, 5) is 34.0. The number of thiazole rings is 1. The average molecular weight is 395 g/mol. The third kappa shape index (κ3) is 4.20. The van der Waals surface area contributed by atoms with Crippen LogP contribution in [0.5, 0.6) is 0 Å². The average Bonchev–Trinajstić information content (AvgIpc) is 3.21. The summed E-state index contributed by atoms with van der Waals surface area (Å²) >= 11 is 1.40. The molecule has 0 saturated heterocycles. The molecule has 3 aromatic rings. The van der Waals surface area contributed by atoms with E-state index >= 15 is 0 Å². The zero-order valence-corrected chi connectivity index (χ0v) is 16.3. The van der Waals surface area contributed by atoms with Gasteiger partial charge in [-0.15, -0.1) is 11.3 Å². The SMILES string of the molecule is O=C(Cn1cncc(-c2nc(-c3ccccc3)cs2)c1=O)NC1CCCCC1. The fourth-order valence-corrected chi connectivity index (χ4v) is 4.35. The molecule has 1 amide bonds. The van der Waals surface area contributed by atoms with Crippen molar-refractivity contribution in [3.05, 3.63) is 58.6 Å². The topological polar surface area (TPSA) is 76.9 Å². The molecule has 1 aliphatic rings. The summed E-state index contributed by atoms with van der Waals surface area (Å²) in [6.45, 7) is -0.0207. The Labute approximate surface area is 167 Å². The number of aromatic nitrogens is 3. The number of nitrogens with zero attached hydrogens (tertiary/aromatic N) is 3. The molecule has 1 aliphatic carbocycles. The quantitative estimate of drug-likeness (QED) is 0.719. The highest BCUT2D eigenvalue weighted by Crippen LogP contribution is 2.26. The molecule has 0 unspecified atom stereocenters. The van der Waals surface area contributed by atoms with E-state index in [1.807, 2.05) is 35.7 Å². The first-order chi connectivity index (χ1) is 13.7. The highest BCUT2D eigenvalue weighted by molar-refractivity contribution is 7.13. The fourth-order valence-electron chi connectivity index (χ4n) is 3.52. The summed E-state index contributed by atoms with van der Waals surface area (Å²) in [7, 11) is 0. The van der Waals surface area contributed by atoms with Crippen LogP contribution in [0.2, 0.25) is 0 Å². The number of rotatable bonds is 5. The first-order valence-electron chi connectivity index (χ1n) is 9.56. The molecule has 144 valence electrons. The van der Waals surface area contributed by atoms with E-state index in [0.29, 0.717) is 10.6 Å². The molecule has 28 heavy (non-hydrogen) atoms. The van der Waals surface area contributed by atoms with Gasteiger partial charge in [-0.05, 0) is 12.8 Å². The highest BCUT2D eigenvalue weighted by atomic mass is 32.1. The van der Waals surface area contributed by atoms with Crippen LogP contribution in [0.15, 0.2) is 53.0 Å². The smallest absolute Gasteiger partial charge is 0.264 e. The van der Waals surface area contributed by atoms with Crippen LogP contribution in [0.4, 0.5) is 0 Å². The molecule has 6 nitrogen and oxygen atoms in total. The fraction of sp³-hybridized carbons (Fsp3) is 0.333. The Morgan fingerprint density at radius 3 is 2.75 bits per heavy atom. The molecule has 0 spiro atoms. The maximum Gasteiger partial charge on any atom is 0.264 e. The lowest BCUT2D eigenvalue weighted by Crippen LogP contribution is -2.40. The van der Waals surface area contributed by atoms with Crippen LogP contribution < -0.4 is 10.9 Å². The first kappa shape index (κ1) is 18.6. The Bertz CT molecular complexity index is 1010. The zero-order chi connectivity index (χ0) is 19.3. The molecule has 1 aromatic carbocycles. The Kier molecular flexibility index (Phi) is 5.62. The number of nitrogens with one attached hydrogen (secondary N) is 1. The van der Waals surface area contributed by atoms with Crippen LogP contribution in [0.25, 0.3) is 21.8 Å². The van der Waals surface area contributed by atoms with Crippen LogP contribution in [-0.2, 0) is 11.3 Å². The second-order valence-electron chi connectivity index (χ2n) is 7.05. The predicted molar refractivity (Wildman–Crippen MR) is 110 cm³/mol. The monoisotopic (exact) mass is 394 g/mol. The lowest BCUT2D eigenvalue weighted by molar-refractivity contribution is -0.122. The summed E-state index contributed by atoms with van der Waals surface area (Å²) in [6, 6.07) is 10.0. The lowest BCUT2D eigenvalue weighted by atomic mass is 9.95. The number of hydrogen-bond acceptors (Lipinski definition) is 5. The molecule has 0 aliphatic heterocycles. The minimum absolute atomic E-state index is 0.0207. The van der Waals surface area contributed by atoms with Gasteiger partial charge in [0.25, 0.3) is 5.56 Å². The zero-order valence-electron chi connectivity index (χ0n) is 15.5. The molecule has 0 atom stereocenters. The molecule has 1 saturated carbocycles. The molecule has 0 radical (unpaired) electrons. The molecule has 2 aromatic heterocycles. The van der Waals surface area contributed by atoms with Gasteiger partial charge >= 0.3 is 0 Å². The van der Waals surface area contributed by atoms with Gasteiger partial charge in [-0.1, -0.05) is 49.6 Å². The summed E-state index contributed by atoms with van der Waals surface area (Å²) in [5.74, 6) is -0.142. The van der Waals surface area contributed by atoms with Gasteiger partial charge in [0.05, 0.1) is 17.6 Å².